The summed E-state index contributed by atoms with van der Waals surface area (Å²) in [5.74, 6) is -0.318. The van der Waals surface area contributed by atoms with Gasteiger partial charge in [0.25, 0.3) is 0 Å². The van der Waals surface area contributed by atoms with Crippen molar-refractivity contribution >= 4 is 11.7 Å². The van der Waals surface area contributed by atoms with Crippen LogP contribution in [-0.2, 0) is 16.1 Å². The molecule has 1 atom stereocenters. The van der Waals surface area contributed by atoms with E-state index in [9.17, 15) is 9.59 Å². The first kappa shape index (κ1) is 14.3. The topological polar surface area (TPSA) is 58.6 Å². The Kier molecular flexibility index (Phi) is 3.89. The van der Waals surface area contributed by atoms with Crippen LogP contribution in [0.3, 0.4) is 0 Å². The Morgan fingerprint density at radius 2 is 1.86 bits per heavy atom. The fraction of sp³-hybridized carbons (Fsp3) is 0.176. The highest BCUT2D eigenvalue weighted by Crippen LogP contribution is 2.25. The van der Waals surface area contributed by atoms with Crippen LogP contribution < -0.4 is 10.2 Å². The lowest BCUT2D eigenvalue weighted by atomic mass is 10.0. The second kappa shape index (κ2) is 5.99. The normalized spacial score (nSPS) is 17.9. The number of benzene rings is 2. The number of nitrogens with zero attached hydrogens (tertiary/aromatic N) is 1. The molecular formula is C17H16N2O3. The van der Waals surface area contributed by atoms with Crippen molar-refractivity contribution in [3.63, 3.8) is 0 Å². The number of amides is 1. The predicted octanol–water partition coefficient (Wildman–Crippen LogP) is 1.85. The van der Waals surface area contributed by atoms with Gasteiger partial charge in [-0.2, -0.15) is 0 Å². The molecular weight excluding hydrogens is 280 g/mol. The van der Waals surface area contributed by atoms with Crippen molar-refractivity contribution in [2.45, 2.75) is 12.6 Å². The van der Waals surface area contributed by atoms with Crippen molar-refractivity contribution < 1.29 is 14.3 Å². The van der Waals surface area contributed by atoms with Crippen LogP contribution in [0.15, 0.2) is 54.6 Å². The SMILES string of the molecule is COc1cccc(C2NN(Cc3ccccc3)C(=O)C2=O)c1. The number of carbonyl (C=O) groups excluding carboxylic acids is 2. The molecule has 2 aromatic rings. The third-order valence-corrected chi connectivity index (χ3v) is 3.61. The van der Waals surface area contributed by atoms with E-state index < -0.39 is 17.7 Å². The smallest absolute Gasteiger partial charge is 0.306 e. The molecule has 0 aliphatic carbocycles. The molecule has 5 heteroatoms. The number of hydrazine groups is 1. The minimum atomic E-state index is -0.661. The first-order valence-corrected chi connectivity index (χ1v) is 6.99. The van der Waals surface area contributed by atoms with E-state index in [0.29, 0.717) is 17.9 Å². The lowest BCUT2D eigenvalue weighted by molar-refractivity contribution is -0.141. The van der Waals surface area contributed by atoms with E-state index in [1.165, 1.54) is 5.01 Å². The van der Waals surface area contributed by atoms with Gasteiger partial charge in [-0.05, 0) is 23.3 Å². The van der Waals surface area contributed by atoms with Gasteiger partial charge in [-0.15, -0.1) is 0 Å². The standard InChI is InChI=1S/C17H16N2O3/c1-22-14-9-5-8-13(10-14)15-16(20)17(21)19(18-15)11-12-6-3-2-4-7-12/h2-10,15,18H,11H2,1H3. The first-order chi connectivity index (χ1) is 10.7. The van der Waals surface area contributed by atoms with Gasteiger partial charge < -0.3 is 4.74 Å². The summed E-state index contributed by atoms with van der Waals surface area (Å²) in [4.78, 5) is 24.3. The molecule has 0 radical (unpaired) electrons. The molecule has 1 amide bonds. The lowest BCUT2D eigenvalue weighted by Gasteiger charge is -2.17. The summed E-state index contributed by atoms with van der Waals surface area (Å²) in [6.45, 7) is 0.353. The average Bonchev–Trinajstić information content (AvgIpc) is 2.84. The fourth-order valence-electron chi connectivity index (χ4n) is 2.46. The molecule has 112 valence electrons. The molecule has 1 fully saturated rings. The van der Waals surface area contributed by atoms with E-state index >= 15 is 0 Å². The molecule has 1 aliphatic heterocycles. The van der Waals surface area contributed by atoms with E-state index in [2.05, 4.69) is 5.43 Å². The number of carbonyl (C=O) groups is 2. The number of hydrogen-bond acceptors (Lipinski definition) is 4. The van der Waals surface area contributed by atoms with Crippen molar-refractivity contribution in [3.8, 4) is 5.75 Å². The molecule has 5 nitrogen and oxygen atoms in total. The molecule has 1 saturated heterocycles. The summed E-state index contributed by atoms with van der Waals surface area (Å²) in [6, 6.07) is 16.0. The highest BCUT2D eigenvalue weighted by Gasteiger charge is 2.39. The number of rotatable bonds is 4. The Labute approximate surface area is 128 Å². The zero-order valence-electron chi connectivity index (χ0n) is 12.2. The van der Waals surface area contributed by atoms with Crippen molar-refractivity contribution in [2.24, 2.45) is 0 Å². The Morgan fingerprint density at radius 3 is 2.59 bits per heavy atom. The van der Waals surface area contributed by atoms with Gasteiger partial charge in [0.1, 0.15) is 11.8 Å². The minimum absolute atomic E-state index is 0.353. The minimum Gasteiger partial charge on any atom is -0.497 e. The second-order valence-electron chi connectivity index (χ2n) is 5.08. The number of Topliss-reactive ketones (excluding diaryl/α,β-unsaturated/α-hetero) is 1. The summed E-state index contributed by atoms with van der Waals surface area (Å²) in [5.41, 5.74) is 4.66. The quantitative estimate of drug-likeness (QED) is 0.875. The monoisotopic (exact) mass is 296 g/mol. The van der Waals surface area contributed by atoms with Crippen LogP contribution in [0, 0.1) is 0 Å². The van der Waals surface area contributed by atoms with E-state index in [-0.39, 0.29) is 0 Å². The Bertz CT molecular complexity index is 700. The third kappa shape index (κ3) is 2.71. The van der Waals surface area contributed by atoms with Crippen molar-refractivity contribution in [3.05, 3.63) is 65.7 Å². The summed E-state index contributed by atoms with van der Waals surface area (Å²) >= 11 is 0. The van der Waals surface area contributed by atoms with Crippen LogP contribution in [0.4, 0.5) is 0 Å². The van der Waals surface area contributed by atoms with Crippen LogP contribution in [0.2, 0.25) is 0 Å². The van der Waals surface area contributed by atoms with Gasteiger partial charge in [-0.25, -0.2) is 5.43 Å². The molecule has 0 spiro atoms. The molecule has 22 heavy (non-hydrogen) atoms. The van der Waals surface area contributed by atoms with E-state index in [4.69, 9.17) is 4.74 Å². The van der Waals surface area contributed by atoms with Crippen LogP contribution in [0.25, 0.3) is 0 Å². The van der Waals surface area contributed by atoms with Gasteiger partial charge in [-0.3, -0.25) is 14.6 Å². The Hall–Kier alpha value is -2.66. The van der Waals surface area contributed by atoms with Gasteiger partial charge in [-0.1, -0.05) is 42.5 Å². The van der Waals surface area contributed by atoms with Gasteiger partial charge in [0.05, 0.1) is 13.7 Å². The first-order valence-electron chi connectivity index (χ1n) is 6.99. The highest BCUT2D eigenvalue weighted by molar-refractivity contribution is 6.39. The summed E-state index contributed by atoms with van der Waals surface area (Å²) in [7, 11) is 1.57. The maximum Gasteiger partial charge on any atom is 0.306 e. The molecule has 3 rings (SSSR count). The molecule has 0 bridgehead atoms. The van der Waals surface area contributed by atoms with Gasteiger partial charge >= 0.3 is 5.91 Å². The predicted molar refractivity (Wildman–Crippen MR) is 80.9 cm³/mol. The number of ether oxygens (including phenoxy) is 1. The van der Waals surface area contributed by atoms with Crippen molar-refractivity contribution in [2.75, 3.05) is 7.11 Å². The third-order valence-electron chi connectivity index (χ3n) is 3.61. The number of nitrogens with one attached hydrogen (secondary N) is 1. The van der Waals surface area contributed by atoms with Gasteiger partial charge in [0.2, 0.25) is 5.78 Å². The Morgan fingerprint density at radius 1 is 1.09 bits per heavy atom. The molecule has 0 saturated carbocycles. The fourth-order valence-corrected chi connectivity index (χ4v) is 2.46. The molecule has 1 N–H and O–H groups in total. The van der Waals surface area contributed by atoms with Crippen LogP contribution >= 0.6 is 0 Å². The molecule has 1 heterocycles. The van der Waals surface area contributed by atoms with E-state index in [0.717, 1.165) is 5.56 Å². The highest BCUT2D eigenvalue weighted by atomic mass is 16.5. The zero-order chi connectivity index (χ0) is 15.5. The maximum absolute atomic E-state index is 12.2. The maximum atomic E-state index is 12.2. The lowest BCUT2D eigenvalue weighted by Crippen LogP contribution is -2.34. The largest absolute Gasteiger partial charge is 0.497 e. The summed E-state index contributed by atoms with van der Waals surface area (Å²) < 4.78 is 5.16. The van der Waals surface area contributed by atoms with Gasteiger partial charge in [0, 0.05) is 0 Å². The molecule has 2 aromatic carbocycles. The van der Waals surface area contributed by atoms with E-state index in [1.54, 1.807) is 31.4 Å². The van der Waals surface area contributed by atoms with E-state index in [1.807, 2.05) is 30.3 Å². The second-order valence-corrected chi connectivity index (χ2v) is 5.08. The van der Waals surface area contributed by atoms with Crippen LogP contribution in [-0.4, -0.2) is 23.8 Å². The summed E-state index contributed by atoms with van der Waals surface area (Å²) in [6.07, 6.45) is 0. The zero-order valence-corrected chi connectivity index (χ0v) is 12.2. The average molecular weight is 296 g/mol. The molecule has 1 unspecified atom stereocenters. The summed E-state index contributed by atoms with van der Waals surface area (Å²) in [5, 5.41) is 1.36. The number of ketones is 1. The van der Waals surface area contributed by atoms with Crippen molar-refractivity contribution in [1.29, 1.82) is 0 Å². The number of methoxy groups -OCH3 is 1. The molecule has 1 aliphatic rings. The molecule has 0 aromatic heterocycles. The Balaban J connectivity index is 1.80. The number of hydrogen-bond donors (Lipinski definition) is 1. The van der Waals surface area contributed by atoms with Crippen LogP contribution in [0.1, 0.15) is 17.2 Å². The van der Waals surface area contributed by atoms with Gasteiger partial charge in [0.15, 0.2) is 0 Å². The van der Waals surface area contributed by atoms with Crippen molar-refractivity contribution in [1.82, 2.24) is 10.4 Å². The van der Waals surface area contributed by atoms with Crippen LogP contribution in [0.5, 0.6) is 5.75 Å².